The monoisotopic (exact) mass is 223 g/mol. The Morgan fingerprint density at radius 2 is 2.27 bits per heavy atom. The van der Waals surface area contributed by atoms with Gasteiger partial charge in [-0.25, -0.2) is 4.79 Å². The van der Waals surface area contributed by atoms with E-state index in [1.807, 2.05) is 0 Å². The van der Waals surface area contributed by atoms with E-state index in [-0.39, 0.29) is 12.2 Å². The molecule has 2 rings (SSSR count). The van der Waals surface area contributed by atoms with Crippen molar-refractivity contribution in [3.8, 4) is 0 Å². The standard InChI is InChI=1S/C10H9NO3S/c11-5-4-7(12)6-2-1-3-8-9(6)15-10(13)14-8/h1-3H,4-5,11H2. The zero-order chi connectivity index (χ0) is 10.8. The Labute approximate surface area is 89.3 Å². The molecule has 0 radical (unpaired) electrons. The van der Waals surface area contributed by atoms with Crippen LogP contribution in [0.2, 0.25) is 0 Å². The van der Waals surface area contributed by atoms with Crippen LogP contribution in [0.5, 0.6) is 0 Å². The van der Waals surface area contributed by atoms with Crippen LogP contribution in [0.25, 0.3) is 10.3 Å². The van der Waals surface area contributed by atoms with Crippen LogP contribution < -0.4 is 10.7 Å². The van der Waals surface area contributed by atoms with Crippen molar-refractivity contribution in [2.24, 2.45) is 5.73 Å². The first-order valence-electron chi connectivity index (χ1n) is 4.48. The number of fused-ring (bicyclic) bond motifs is 1. The van der Waals surface area contributed by atoms with Crippen molar-refractivity contribution in [1.82, 2.24) is 0 Å². The van der Waals surface area contributed by atoms with E-state index in [4.69, 9.17) is 10.2 Å². The van der Waals surface area contributed by atoms with E-state index in [1.54, 1.807) is 18.2 Å². The highest BCUT2D eigenvalue weighted by Gasteiger charge is 2.12. The molecule has 0 saturated carbocycles. The summed E-state index contributed by atoms with van der Waals surface area (Å²) in [7, 11) is 0. The fourth-order valence-corrected chi connectivity index (χ4v) is 2.18. The maximum atomic E-state index is 11.7. The molecule has 0 aliphatic rings. The topological polar surface area (TPSA) is 73.3 Å². The molecule has 1 heterocycles. The summed E-state index contributed by atoms with van der Waals surface area (Å²) >= 11 is 0.949. The van der Waals surface area contributed by atoms with E-state index in [2.05, 4.69) is 0 Å². The van der Waals surface area contributed by atoms with Crippen molar-refractivity contribution in [2.45, 2.75) is 6.42 Å². The second-order valence-corrected chi connectivity index (χ2v) is 3.99. The molecule has 0 unspecified atom stereocenters. The summed E-state index contributed by atoms with van der Waals surface area (Å²) in [5.41, 5.74) is 6.30. The Morgan fingerprint density at radius 1 is 1.47 bits per heavy atom. The van der Waals surface area contributed by atoms with E-state index >= 15 is 0 Å². The lowest BCUT2D eigenvalue weighted by Crippen LogP contribution is -2.07. The second-order valence-electron chi connectivity index (χ2n) is 3.05. The summed E-state index contributed by atoms with van der Waals surface area (Å²) in [6.45, 7) is 0.308. The number of carbonyl (C=O) groups excluding carboxylic acids is 1. The lowest BCUT2D eigenvalue weighted by atomic mass is 10.1. The van der Waals surface area contributed by atoms with E-state index in [0.29, 0.717) is 22.4 Å². The minimum absolute atomic E-state index is 0.0554. The molecule has 78 valence electrons. The SMILES string of the molecule is NCCC(=O)c1cccc2oc(=O)sc12. The average molecular weight is 223 g/mol. The summed E-state index contributed by atoms with van der Waals surface area (Å²) in [4.78, 5) is 22.3. The van der Waals surface area contributed by atoms with Gasteiger partial charge >= 0.3 is 4.94 Å². The van der Waals surface area contributed by atoms with E-state index in [0.717, 1.165) is 11.3 Å². The lowest BCUT2D eigenvalue weighted by Gasteiger charge is -1.98. The summed E-state index contributed by atoms with van der Waals surface area (Å²) in [5, 5.41) is 0. The Bertz CT molecular complexity index is 555. The van der Waals surface area contributed by atoms with E-state index in [1.165, 1.54) is 0 Å². The molecule has 5 heteroatoms. The molecule has 2 aromatic rings. The number of rotatable bonds is 3. The minimum Gasteiger partial charge on any atom is -0.414 e. The normalized spacial score (nSPS) is 10.7. The van der Waals surface area contributed by atoms with Gasteiger partial charge in [-0.2, -0.15) is 0 Å². The van der Waals surface area contributed by atoms with Crippen LogP contribution in [0, 0.1) is 0 Å². The first-order valence-corrected chi connectivity index (χ1v) is 5.30. The van der Waals surface area contributed by atoms with Crippen molar-refractivity contribution in [3.05, 3.63) is 33.5 Å². The highest BCUT2D eigenvalue weighted by Crippen LogP contribution is 2.22. The van der Waals surface area contributed by atoms with Gasteiger partial charge in [-0.05, 0) is 18.7 Å². The molecule has 0 spiro atoms. The second kappa shape index (κ2) is 3.96. The van der Waals surface area contributed by atoms with Crippen molar-refractivity contribution in [3.63, 3.8) is 0 Å². The van der Waals surface area contributed by atoms with Gasteiger partial charge in [0.1, 0.15) is 5.58 Å². The van der Waals surface area contributed by atoms with Crippen LogP contribution in [0.3, 0.4) is 0 Å². The van der Waals surface area contributed by atoms with Crippen molar-refractivity contribution in [2.75, 3.05) is 6.54 Å². The van der Waals surface area contributed by atoms with Gasteiger partial charge in [0.05, 0.1) is 4.70 Å². The van der Waals surface area contributed by atoms with Gasteiger partial charge in [0, 0.05) is 12.0 Å². The van der Waals surface area contributed by atoms with Crippen molar-refractivity contribution < 1.29 is 9.21 Å². The lowest BCUT2D eigenvalue weighted by molar-refractivity contribution is 0.0987. The molecule has 1 aromatic heterocycles. The predicted molar refractivity (Wildman–Crippen MR) is 58.4 cm³/mol. The molecular weight excluding hydrogens is 214 g/mol. The van der Waals surface area contributed by atoms with Crippen molar-refractivity contribution >= 4 is 27.4 Å². The Hall–Kier alpha value is -1.46. The number of benzene rings is 1. The third kappa shape index (κ3) is 1.84. The van der Waals surface area contributed by atoms with Crippen molar-refractivity contribution in [1.29, 1.82) is 0 Å². The van der Waals surface area contributed by atoms with Crippen LogP contribution in [-0.2, 0) is 0 Å². The third-order valence-corrected chi connectivity index (χ3v) is 2.90. The zero-order valence-corrected chi connectivity index (χ0v) is 8.67. The third-order valence-electron chi connectivity index (χ3n) is 2.03. The minimum atomic E-state index is -0.391. The molecule has 0 amide bonds. The van der Waals surface area contributed by atoms with Crippen LogP contribution in [0.4, 0.5) is 0 Å². The Kier molecular flexibility index (Phi) is 2.66. The molecule has 15 heavy (non-hydrogen) atoms. The first kappa shape index (κ1) is 10.1. The van der Waals surface area contributed by atoms with Gasteiger partial charge in [-0.15, -0.1) is 0 Å². The quantitative estimate of drug-likeness (QED) is 0.798. The number of hydrogen-bond donors (Lipinski definition) is 1. The van der Waals surface area contributed by atoms with Crippen LogP contribution >= 0.6 is 11.3 Å². The number of hydrogen-bond acceptors (Lipinski definition) is 5. The highest BCUT2D eigenvalue weighted by atomic mass is 32.1. The predicted octanol–water partition coefficient (Wildman–Crippen LogP) is 1.39. The maximum Gasteiger partial charge on any atom is 0.396 e. The number of Topliss-reactive ketones (excluding diaryl/α,β-unsaturated/α-hetero) is 1. The van der Waals surface area contributed by atoms with E-state index in [9.17, 15) is 9.59 Å². The highest BCUT2D eigenvalue weighted by molar-refractivity contribution is 7.16. The molecular formula is C10H9NO3S. The molecule has 0 fully saturated rings. The molecule has 0 atom stereocenters. The number of carbonyl (C=O) groups is 1. The fourth-order valence-electron chi connectivity index (χ4n) is 1.38. The summed E-state index contributed by atoms with van der Waals surface area (Å²) < 4.78 is 5.53. The molecule has 1 aromatic carbocycles. The largest absolute Gasteiger partial charge is 0.414 e. The van der Waals surface area contributed by atoms with Gasteiger partial charge in [0.15, 0.2) is 5.78 Å². The van der Waals surface area contributed by atoms with Gasteiger partial charge in [0.2, 0.25) is 0 Å². The maximum absolute atomic E-state index is 11.7. The smallest absolute Gasteiger partial charge is 0.396 e. The van der Waals surface area contributed by atoms with Crippen LogP contribution in [0.15, 0.2) is 27.4 Å². The Balaban J connectivity index is 2.60. The van der Waals surface area contributed by atoms with Gasteiger partial charge in [-0.3, -0.25) is 4.79 Å². The molecule has 4 nitrogen and oxygen atoms in total. The first-order chi connectivity index (χ1) is 7.22. The van der Waals surface area contributed by atoms with Gasteiger partial charge in [0.25, 0.3) is 0 Å². The number of nitrogens with two attached hydrogens (primary N) is 1. The summed E-state index contributed by atoms with van der Waals surface area (Å²) in [6.07, 6.45) is 0.283. The number of ketones is 1. The average Bonchev–Trinajstić information content (AvgIpc) is 2.57. The molecule has 2 N–H and O–H groups in total. The molecule has 0 aliphatic heterocycles. The summed E-state index contributed by atoms with van der Waals surface area (Å²) in [5.74, 6) is -0.0554. The Morgan fingerprint density at radius 3 is 3.00 bits per heavy atom. The van der Waals surface area contributed by atoms with Gasteiger partial charge < -0.3 is 10.2 Å². The van der Waals surface area contributed by atoms with Crippen LogP contribution in [-0.4, -0.2) is 12.3 Å². The molecule has 0 saturated heterocycles. The zero-order valence-electron chi connectivity index (χ0n) is 7.86. The fraction of sp³-hybridized carbons (Fsp3) is 0.200. The molecule has 0 aliphatic carbocycles. The molecule has 0 bridgehead atoms. The van der Waals surface area contributed by atoms with Crippen LogP contribution in [0.1, 0.15) is 16.8 Å². The van der Waals surface area contributed by atoms with Gasteiger partial charge in [-0.1, -0.05) is 17.4 Å². The van der Waals surface area contributed by atoms with E-state index < -0.39 is 4.94 Å². The summed E-state index contributed by atoms with van der Waals surface area (Å²) in [6, 6.07) is 5.06.